The van der Waals surface area contributed by atoms with Crippen molar-refractivity contribution in [3.05, 3.63) is 11.8 Å². The quantitative estimate of drug-likeness (QED) is 0.581. The second-order valence-corrected chi connectivity index (χ2v) is 6.37. The summed E-state index contributed by atoms with van der Waals surface area (Å²) in [6.07, 6.45) is 3.40. The van der Waals surface area contributed by atoms with Gasteiger partial charge < -0.3 is 9.64 Å². The summed E-state index contributed by atoms with van der Waals surface area (Å²) in [7, 11) is -1.51. The number of hydrogen-bond donors (Lipinski definition) is 0. The third-order valence-corrected chi connectivity index (χ3v) is 4.55. The molecule has 0 bridgehead atoms. The standard InChI is InChI=1S/C14H20N2O3S/c1-5-10-7-16-8-12(13(17)19-9(3)4)20(18)14(16)15-11(10)6-2/h7,9H,5-6,8H2,1-4H3. The zero-order chi connectivity index (χ0) is 14.9. The topological polar surface area (TPSA) is 59.0 Å². The molecule has 2 aliphatic rings. The van der Waals surface area contributed by atoms with Crippen LogP contribution in [0.2, 0.25) is 0 Å². The molecule has 6 heteroatoms. The van der Waals surface area contributed by atoms with Gasteiger partial charge in [-0.1, -0.05) is 13.8 Å². The summed E-state index contributed by atoms with van der Waals surface area (Å²) in [5.41, 5.74) is 2.08. The highest BCUT2D eigenvalue weighted by atomic mass is 32.1. The van der Waals surface area contributed by atoms with Crippen molar-refractivity contribution in [1.82, 2.24) is 4.90 Å². The average Bonchev–Trinajstić information content (AvgIpc) is 2.73. The minimum Gasteiger partial charge on any atom is -0.459 e. The van der Waals surface area contributed by atoms with E-state index in [9.17, 15) is 9.00 Å². The minimum absolute atomic E-state index is 0.217. The summed E-state index contributed by atoms with van der Waals surface area (Å²) < 4.78 is 17.5. The maximum absolute atomic E-state index is 12.4. The number of fused-ring (bicyclic) bond motifs is 1. The van der Waals surface area contributed by atoms with Gasteiger partial charge in [0, 0.05) is 11.9 Å². The molecule has 0 fully saturated rings. The van der Waals surface area contributed by atoms with Crippen LogP contribution in [-0.2, 0) is 19.5 Å². The Morgan fingerprint density at radius 3 is 2.70 bits per heavy atom. The Morgan fingerprint density at radius 1 is 1.45 bits per heavy atom. The summed E-state index contributed by atoms with van der Waals surface area (Å²) >= 11 is 0. The van der Waals surface area contributed by atoms with Gasteiger partial charge in [-0.3, -0.25) is 0 Å². The zero-order valence-electron chi connectivity index (χ0n) is 12.3. The Bertz CT molecular complexity index is 641. The van der Waals surface area contributed by atoms with Crippen LogP contribution in [0.1, 0.15) is 40.5 Å². The Balaban J connectivity index is 2.40. The van der Waals surface area contributed by atoms with Crippen LogP contribution >= 0.6 is 0 Å². The first kappa shape index (κ1) is 14.8. The fourth-order valence-corrected chi connectivity index (χ4v) is 3.38. The molecule has 0 aromatic heterocycles. The lowest BCUT2D eigenvalue weighted by molar-refractivity contribution is -0.138. The van der Waals surface area contributed by atoms with Crippen LogP contribution in [0.15, 0.2) is 16.8 Å². The van der Waals surface area contributed by atoms with Crippen molar-refractivity contribution in [2.45, 2.75) is 46.6 Å². The average molecular weight is 296 g/mol. The molecule has 0 atom stereocenters. The molecular weight excluding hydrogens is 276 g/mol. The largest absolute Gasteiger partial charge is 0.459 e. The second-order valence-electron chi connectivity index (χ2n) is 4.98. The molecular formula is C14H20N2O3S. The summed E-state index contributed by atoms with van der Waals surface area (Å²) in [5, 5.41) is 0.453. The molecule has 0 N–H and O–H groups in total. The van der Waals surface area contributed by atoms with Crippen LogP contribution < -0.4 is 0 Å². The van der Waals surface area contributed by atoms with E-state index in [1.165, 1.54) is 0 Å². The summed E-state index contributed by atoms with van der Waals surface area (Å²) in [6, 6.07) is 0. The number of ether oxygens (including phenoxy) is 1. The van der Waals surface area contributed by atoms with E-state index < -0.39 is 15.9 Å². The van der Waals surface area contributed by atoms with Crippen molar-refractivity contribution in [2.24, 2.45) is 4.99 Å². The van der Waals surface area contributed by atoms with Gasteiger partial charge in [0.2, 0.25) is 5.11 Å². The lowest BCUT2D eigenvalue weighted by atomic mass is 10.1. The molecule has 0 spiro atoms. The predicted molar refractivity (Wildman–Crippen MR) is 82.2 cm³/mol. The molecule has 2 heterocycles. The van der Waals surface area contributed by atoms with Gasteiger partial charge in [0.05, 0.1) is 22.6 Å². The fourth-order valence-electron chi connectivity index (χ4n) is 2.18. The monoisotopic (exact) mass is 296 g/mol. The smallest absolute Gasteiger partial charge is 0.348 e. The molecule has 2 aliphatic heterocycles. The van der Waals surface area contributed by atoms with Crippen LogP contribution in [-0.4, -0.2) is 43.4 Å². The van der Waals surface area contributed by atoms with Gasteiger partial charge in [-0.25, -0.2) is 14.0 Å². The Hall–Kier alpha value is -1.56. The number of allylic oxidation sites excluding steroid dienone is 1. The number of aliphatic imine (C=N–C) groups is 1. The maximum Gasteiger partial charge on any atom is 0.348 e. The first-order valence-electron chi connectivity index (χ1n) is 6.88. The first-order chi connectivity index (χ1) is 9.47. The minimum atomic E-state index is -1.51. The first-order valence-corrected chi connectivity index (χ1v) is 8.03. The van der Waals surface area contributed by atoms with E-state index in [0.29, 0.717) is 11.7 Å². The molecule has 0 unspecified atom stereocenters. The van der Waals surface area contributed by atoms with Crippen molar-refractivity contribution in [3.63, 3.8) is 0 Å². The lowest BCUT2D eigenvalue weighted by Crippen LogP contribution is -2.32. The number of carbonyl (C=O) groups excluding carboxylic acids is 1. The highest BCUT2D eigenvalue weighted by Gasteiger charge is 2.29. The molecule has 2 rings (SSSR count). The predicted octanol–water partition coefficient (Wildman–Crippen LogP) is 1.42. The van der Waals surface area contributed by atoms with Crippen molar-refractivity contribution in [3.8, 4) is 0 Å². The normalized spacial score (nSPS) is 18.2. The molecule has 5 nitrogen and oxygen atoms in total. The van der Waals surface area contributed by atoms with Crippen LogP contribution in [0.5, 0.6) is 0 Å². The summed E-state index contributed by atoms with van der Waals surface area (Å²) in [6.45, 7) is 7.94. The van der Waals surface area contributed by atoms with Crippen molar-refractivity contribution in [1.29, 1.82) is 0 Å². The molecule has 110 valence electrons. The second kappa shape index (κ2) is 5.83. The van der Waals surface area contributed by atoms with Crippen molar-refractivity contribution < 1.29 is 13.7 Å². The van der Waals surface area contributed by atoms with Crippen LogP contribution in [0, 0.1) is 0 Å². The van der Waals surface area contributed by atoms with Crippen LogP contribution in [0.4, 0.5) is 0 Å². The van der Waals surface area contributed by atoms with E-state index >= 15 is 0 Å². The number of rotatable bonds is 4. The molecule has 0 aromatic carbocycles. The van der Waals surface area contributed by atoms with Crippen LogP contribution in [0.3, 0.4) is 0 Å². The van der Waals surface area contributed by atoms with E-state index in [-0.39, 0.29) is 11.0 Å². The molecule has 0 saturated heterocycles. The molecule has 0 radical (unpaired) electrons. The highest BCUT2D eigenvalue weighted by Crippen LogP contribution is 2.18. The molecule has 0 aliphatic carbocycles. The number of nitrogens with zero attached hydrogens (tertiary/aromatic N) is 2. The van der Waals surface area contributed by atoms with Gasteiger partial charge in [0.1, 0.15) is 4.86 Å². The van der Waals surface area contributed by atoms with E-state index in [1.54, 1.807) is 18.7 Å². The Morgan fingerprint density at radius 2 is 2.15 bits per heavy atom. The van der Waals surface area contributed by atoms with E-state index in [0.717, 1.165) is 24.1 Å². The van der Waals surface area contributed by atoms with Crippen LogP contribution in [0.25, 0.3) is 0 Å². The number of esters is 1. The van der Waals surface area contributed by atoms with E-state index in [1.807, 2.05) is 13.1 Å². The summed E-state index contributed by atoms with van der Waals surface area (Å²) in [5.74, 6) is -0.486. The van der Waals surface area contributed by atoms with Gasteiger partial charge in [-0.2, -0.15) is 0 Å². The molecule has 20 heavy (non-hydrogen) atoms. The number of carbonyl (C=O) groups is 1. The van der Waals surface area contributed by atoms with E-state index in [4.69, 9.17) is 4.74 Å². The zero-order valence-corrected chi connectivity index (χ0v) is 13.1. The highest BCUT2D eigenvalue weighted by molar-refractivity contribution is 7.86. The molecule has 0 saturated carbocycles. The third kappa shape index (κ3) is 2.65. The van der Waals surface area contributed by atoms with Gasteiger partial charge in [-0.05, 0) is 32.3 Å². The SMILES string of the molecule is CCC1=CN2CC(C(=O)OC(C)C)=S(=O)=C2N=C1CC. The van der Waals surface area contributed by atoms with Crippen molar-refractivity contribution >= 4 is 31.6 Å². The molecule has 0 amide bonds. The Kier molecular flexibility index (Phi) is 4.32. The van der Waals surface area contributed by atoms with E-state index in [2.05, 4.69) is 11.9 Å². The number of hydrogen-bond acceptors (Lipinski definition) is 5. The van der Waals surface area contributed by atoms with Gasteiger partial charge in [0.25, 0.3) is 0 Å². The van der Waals surface area contributed by atoms with Gasteiger partial charge >= 0.3 is 5.97 Å². The Labute approximate surface area is 120 Å². The van der Waals surface area contributed by atoms with Gasteiger partial charge in [0.15, 0.2) is 0 Å². The van der Waals surface area contributed by atoms with Gasteiger partial charge in [-0.15, -0.1) is 0 Å². The molecule has 0 aromatic rings. The van der Waals surface area contributed by atoms with Crippen molar-refractivity contribution in [2.75, 3.05) is 6.54 Å². The fraction of sp³-hybridized carbons (Fsp3) is 0.571. The third-order valence-electron chi connectivity index (χ3n) is 3.15. The summed E-state index contributed by atoms with van der Waals surface area (Å²) in [4.78, 5) is 18.5. The lowest BCUT2D eigenvalue weighted by Gasteiger charge is -2.22. The maximum atomic E-state index is 12.4.